The van der Waals surface area contributed by atoms with E-state index in [0.29, 0.717) is 12.3 Å². The molecule has 2 aromatic rings. The van der Waals surface area contributed by atoms with Crippen LogP contribution in [0.3, 0.4) is 0 Å². The van der Waals surface area contributed by atoms with E-state index in [-0.39, 0.29) is 48.0 Å². The third-order valence-electron chi connectivity index (χ3n) is 3.09. The third-order valence-corrected chi connectivity index (χ3v) is 3.09. The van der Waals surface area contributed by atoms with Crippen LogP contribution in [0.1, 0.15) is 42.9 Å². The number of rotatable bonds is 4. The van der Waals surface area contributed by atoms with Crippen molar-refractivity contribution in [2.75, 3.05) is 0 Å². The molecule has 5 nitrogen and oxygen atoms in total. The van der Waals surface area contributed by atoms with Gasteiger partial charge in [0.25, 0.3) is 0 Å². The van der Waals surface area contributed by atoms with Gasteiger partial charge in [0, 0.05) is 18.8 Å². The Hall–Kier alpha value is 0.232. The Kier molecular flexibility index (Phi) is 46.9. The van der Waals surface area contributed by atoms with Gasteiger partial charge in [-0.15, -0.1) is 0 Å². The molecule has 1 aromatic carbocycles. The molecule has 1 heterocycles. The van der Waals surface area contributed by atoms with Gasteiger partial charge in [-0.1, -0.05) is 49.7 Å². The zero-order valence-electron chi connectivity index (χ0n) is 18.2. The Morgan fingerprint density at radius 2 is 1.58 bits per heavy atom. The zero-order valence-corrected chi connectivity index (χ0v) is 25.2. The second-order valence-electron chi connectivity index (χ2n) is 5.42. The number of pyridine rings is 1. The summed E-state index contributed by atoms with van der Waals surface area (Å²) in [5, 5.41) is 8.35. The quantitative estimate of drug-likeness (QED) is 0.252. The van der Waals surface area contributed by atoms with Crippen LogP contribution in [0.2, 0.25) is 0 Å². The summed E-state index contributed by atoms with van der Waals surface area (Å²) in [6.07, 6.45) is 4.09. The van der Waals surface area contributed by atoms with E-state index in [0.717, 1.165) is 5.56 Å². The van der Waals surface area contributed by atoms with E-state index < -0.39 is 22.5 Å². The number of carboxylic acids is 1. The number of aryl methyl sites for hydroxylation is 2. The Bertz CT molecular complexity index is 597. The van der Waals surface area contributed by atoms with E-state index in [1.54, 1.807) is 18.5 Å². The largest absolute Gasteiger partial charge is 0.693 e. The maximum atomic E-state index is 10.2. The Morgan fingerprint density at radius 1 is 1.13 bits per heavy atom. The molecular formula is C20H33Cl4N2O3PtRu-. The maximum absolute atomic E-state index is 10.2. The molecular weight excluding hydrogens is 754 g/mol. The van der Waals surface area contributed by atoms with Crippen LogP contribution in [0, 0.1) is 21.8 Å². The summed E-state index contributed by atoms with van der Waals surface area (Å²) in [5.74, 6) is -0.116. The van der Waals surface area contributed by atoms with Crippen LogP contribution >= 0.6 is 38.2 Å². The van der Waals surface area contributed by atoms with Crippen molar-refractivity contribution < 1.29 is 47.0 Å². The number of benzene rings is 1. The van der Waals surface area contributed by atoms with Crippen molar-refractivity contribution >= 4 is 44.2 Å². The van der Waals surface area contributed by atoms with Crippen LogP contribution in [0.25, 0.3) is 6.15 Å². The summed E-state index contributed by atoms with van der Waals surface area (Å²) >= 11 is -0.818. The van der Waals surface area contributed by atoms with Crippen molar-refractivity contribution in [3.63, 3.8) is 0 Å². The molecule has 2 rings (SSSR count). The number of hydrogen-bond donors (Lipinski definition) is 1. The van der Waals surface area contributed by atoms with E-state index in [2.05, 4.69) is 50.0 Å². The topological polar surface area (TPSA) is 115 Å². The van der Waals surface area contributed by atoms with Gasteiger partial charge in [-0.2, -0.15) is 0 Å². The van der Waals surface area contributed by atoms with Gasteiger partial charge in [0.1, 0.15) is 0 Å². The number of carbonyl (C=O) groups is 1. The average molecular weight is 787 g/mol. The molecule has 0 saturated carbocycles. The van der Waals surface area contributed by atoms with Gasteiger partial charge in [-0.3, -0.25) is 9.78 Å². The molecule has 188 valence electrons. The molecule has 0 aliphatic carbocycles. The van der Waals surface area contributed by atoms with Crippen molar-refractivity contribution in [2.24, 2.45) is 0 Å². The SMILES string of the molecule is Cc1ccc(C(C)C)cc1.O.O=C(O)CCc1cccnc1.[CH3-].[CH3-].[Cl][Pt+2][Cl].[Cl][Ru][Cl].[NH2-]. The minimum Gasteiger partial charge on any atom is -0.693 e. The fourth-order valence-corrected chi connectivity index (χ4v) is 1.75. The number of nitrogens with two attached hydrogens (primary N) is 1. The summed E-state index contributed by atoms with van der Waals surface area (Å²) in [4.78, 5) is 14.0. The first kappa shape index (κ1) is 44.8. The molecule has 0 radical (unpaired) electrons. The monoisotopic (exact) mass is 786 g/mol. The van der Waals surface area contributed by atoms with Crippen LogP contribution in [0.15, 0.2) is 48.8 Å². The minimum absolute atomic E-state index is 0. The van der Waals surface area contributed by atoms with Crippen LogP contribution in [0.4, 0.5) is 0 Å². The fraction of sp³-hybridized carbons (Fsp3) is 0.300. The molecule has 0 fully saturated rings. The molecule has 0 unspecified atom stereocenters. The van der Waals surface area contributed by atoms with Crippen molar-refractivity contribution in [1.82, 2.24) is 4.98 Å². The first-order valence-corrected chi connectivity index (χ1v) is 17.8. The standard InChI is InChI=1S/C10H14.C8H9NO2.2CH3.4ClH.H2N.H2O.Pt.Ru/c1-8(2)10-6-4-9(3)5-7-10;10-8(11)4-3-7-2-1-5-9-6-7;;;;;;;;;;/h4-8H,1-3H3;1-2,5-6H,3-4H2,(H,10,11);2*1H3;4*1H;2*1H2;;/q;;2*-1;;;;;-1;;+4;+2/p-4. The first-order chi connectivity index (χ1) is 12.8. The van der Waals surface area contributed by atoms with Crippen LogP contribution in [0.5, 0.6) is 0 Å². The van der Waals surface area contributed by atoms with E-state index >= 15 is 0 Å². The molecule has 1 aromatic heterocycles. The van der Waals surface area contributed by atoms with Gasteiger partial charge < -0.3 is 31.6 Å². The van der Waals surface area contributed by atoms with Crippen molar-refractivity contribution in [2.45, 2.75) is 39.5 Å². The van der Waals surface area contributed by atoms with E-state index in [1.807, 2.05) is 6.07 Å². The van der Waals surface area contributed by atoms with Crippen molar-refractivity contribution in [3.8, 4) is 0 Å². The van der Waals surface area contributed by atoms with E-state index in [9.17, 15) is 4.79 Å². The number of aromatic nitrogens is 1. The second-order valence-corrected chi connectivity index (χ2v) is 11.3. The molecule has 5 N–H and O–H groups in total. The minimum atomic E-state index is -0.770. The van der Waals surface area contributed by atoms with Gasteiger partial charge in [0.2, 0.25) is 0 Å². The summed E-state index contributed by atoms with van der Waals surface area (Å²) in [7, 11) is 19.5. The Labute approximate surface area is 220 Å². The van der Waals surface area contributed by atoms with Crippen LogP contribution in [-0.2, 0) is 42.8 Å². The normalized spacial score (nSPS) is 8.13. The number of halogens is 4. The maximum Gasteiger partial charge on any atom is -0.693 e. The second kappa shape index (κ2) is 32.4. The Balaban J connectivity index is -0.0000000731. The average Bonchev–Trinajstić information content (AvgIpc) is 2.63. The predicted octanol–water partition coefficient (Wildman–Crippen LogP) is 7.76. The van der Waals surface area contributed by atoms with Gasteiger partial charge in [0.15, 0.2) is 0 Å². The Morgan fingerprint density at radius 3 is 1.90 bits per heavy atom. The number of carboxylic acid groups (broad SMARTS) is 1. The van der Waals surface area contributed by atoms with Crippen molar-refractivity contribution in [3.05, 3.63) is 86.5 Å². The van der Waals surface area contributed by atoms with Gasteiger partial charge >= 0.3 is 75.8 Å². The summed E-state index contributed by atoms with van der Waals surface area (Å²) in [5.41, 5.74) is 3.73. The summed E-state index contributed by atoms with van der Waals surface area (Å²) < 4.78 is 0. The first-order valence-electron chi connectivity index (χ1n) is 7.67. The summed E-state index contributed by atoms with van der Waals surface area (Å²) in [6.45, 7) is 6.54. The van der Waals surface area contributed by atoms with Gasteiger partial charge in [-0.25, -0.2) is 0 Å². The molecule has 11 heteroatoms. The molecule has 0 aliphatic heterocycles. The van der Waals surface area contributed by atoms with E-state index in [4.69, 9.17) is 43.3 Å². The van der Waals surface area contributed by atoms with Crippen molar-refractivity contribution in [1.29, 1.82) is 0 Å². The smallest absolute Gasteiger partial charge is 0.693 e. The molecule has 0 amide bonds. The third kappa shape index (κ3) is 32.5. The van der Waals surface area contributed by atoms with Crippen LogP contribution < -0.4 is 0 Å². The van der Waals surface area contributed by atoms with E-state index in [1.165, 1.54) is 11.1 Å². The molecule has 0 atom stereocenters. The number of hydrogen-bond acceptors (Lipinski definition) is 2. The molecule has 0 saturated heterocycles. The summed E-state index contributed by atoms with van der Waals surface area (Å²) in [6, 6.07) is 12.4. The number of aliphatic carboxylic acids is 1. The predicted molar refractivity (Wildman–Crippen MR) is 131 cm³/mol. The molecule has 0 bridgehead atoms. The zero-order chi connectivity index (χ0) is 21.1. The number of nitrogens with zero attached hydrogens (tertiary/aromatic N) is 1. The van der Waals surface area contributed by atoms with Gasteiger partial charge in [-0.05, 0) is 36.5 Å². The molecule has 0 aliphatic rings. The fourth-order valence-electron chi connectivity index (χ4n) is 1.75. The van der Waals surface area contributed by atoms with Gasteiger partial charge in [0.05, 0.1) is 0 Å². The molecule has 0 spiro atoms. The van der Waals surface area contributed by atoms with Crippen LogP contribution in [-0.4, -0.2) is 21.5 Å². The molecule has 31 heavy (non-hydrogen) atoms.